The highest BCUT2D eigenvalue weighted by molar-refractivity contribution is 5.36. The van der Waals surface area contributed by atoms with Gasteiger partial charge in [0.25, 0.3) is 0 Å². The number of nitrogens with zero attached hydrogens (tertiary/aromatic N) is 1. The Labute approximate surface area is 96.7 Å². The van der Waals surface area contributed by atoms with E-state index in [1.165, 1.54) is 11.3 Å². The zero-order valence-corrected chi connectivity index (χ0v) is 9.63. The van der Waals surface area contributed by atoms with E-state index < -0.39 is 0 Å². The Morgan fingerprint density at radius 2 is 1.94 bits per heavy atom. The highest BCUT2D eigenvalue weighted by Crippen LogP contribution is 2.12. The van der Waals surface area contributed by atoms with Crippen LogP contribution in [0.3, 0.4) is 0 Å². The van der Waals surface area contributed by atoms with Crippen LogP contribution in [0.15, 0.2) is 48.8 Å². The molecule has 0 spiro atoms. The summed E-state index contributed by atoms with van der Waals surface area (Å²) in [5.41, 5.74) is 8.47. The maximum Gasteiger partial charge on any atom is 0.0452 e. The van der Waals surface area contributed by atoms with Gasteiger partial charge in [-0.2, -0.15) is 0 Å². The van der Waals surface area contributed by atoms with Gasteiger partial charge in [0.2, 0.25) is 0 Å². The SMILES string of the molecule is CCC(N)Cc1cccc(-n2cccc2)c1. The van der Waals surface area contributed by atoms with E-state index in [2.05, 4.69) is 48.1 Å². The summed E-state index contributed by atoms with van der Waals surface area (Å²) >= 11 is 0. The summed E-state index contributed by atoms with van der Waals surface area (Å²) in [6.45, 7) is 2.13. The van der Waals surface area contributed by atoms with Crippen molar-refractivity contribution < 1.29 is 0 Å². The summed E-state index contributed by atoms with van der Waals surface area (Å²) < 4.78 is 2.11. The highest BCUT2D eigenvalue weighted by atomic mass is 14.9. The van der Waals surface area contributed by atoms with E-state index in [1.807, 2.05) is 12.1 Å². The molecule has 2 rings (SSSR count). The molecule has 0 radical (unpaired) electrons. The first kappa shape index (κ1) is 11.0. The van der Waals surface area contributed by atoms with Crippen LogP contribution in [0.5, 0.6) is 0 Å². The lowest BCUT2D eigenvalue weighted by Gasteiger charge is -2.10. The lowest BCUT2D eigenvalue weighted by molar-refractivity contribution is 0.646. The minimum atomic E-state index is 0.264. The van der Waals surface area contributed by atoms with Crippen LogP contribution in [0.1, 0.15) is 18.9 Å². The third kappa shape index (κ3) is 2.52. The van der Waals surface area contributed by atoms with Crippen LogP contribution in [-0.2, 0) is 6.42 Å². The van der Waals surface area contributed by atoms with E-state index in [9.17, 15) is 0 Å². The van der Waals surface area contributed by atoms with Crippen molar-refractivity contribution in [2.75, 3.05) is 0 Å². The molecule has 0 amide bonds. The van der Waals surface area contributed by atoms with Crippen molar-refractivity contribution in [3.63, 3.8) is 0 Å². The largest absolute Gasteiger partial charge is 0.327 e. The molecule has 1 aromatic heterocycles. The van der Waals surface area contributed by atoms with E-state index in [4.69, 9.17) is 5.73 Å². The van der Waals surface area contributed by atoms with E-state index >= 15 is 0 Å². The monoisotopic (exact) mass is 214 g/mol. The smallest absolute Gasteiger partial charge is 0.0452 e. The number of nitrogens with two attached hydrogens (primary N) is 1. The molecule has 16 heavy (non-hydrogen) atoms. The highest BCUT2D eigenvalue weighted by Gasteiger charge is 2.02. The third-order valence-electron chi connectivity index (χ3n) is 2.84. The molecular weight excluding hydrogens is 196 g/mol. The molecule has 0 aliphatic heterocycles. The fourth-order valence-electron chi connectivity index (χ4n) is 1.80. The normalized spacial score (nSPS) is 12.6. The van der Waals surface area contributed by atoms with E-state index in [0.29, 0.717) is 0 Å². The summed E-state index contributed by atoms with van der Waals surface area (Å²) in [7, 11) is 0. The van der Waals surface area contributed by atoms with Crippen molar-refractivity contribution in [2.24, 2.45) is 5.73 Å². The van der Waals surface area contributed by atoms with Crippen LogP contribution in [0.2, 0.25) is 0 Å². The first-order valence-corrected chi connectivity index (χ1v) is 5.77. The van der Waals surface area contributed by atoms with Gasteiger partial charge in [-0.1, -0.05) is 19.1 Å². The Bertz CT molecular complexity index is 432. The topological polar surface area (TPSA) is 30.9 Å². The van der Waals surface area contributed by atoms with Gasteiger partial charge in [-0.05, 0) is 42.7 Å². The number of benzene rings is 1. The predicted molar refractivity (Wildman–Crippen MR) is 67.7 cm³/mol. The summed E-state index contributed by atoms with van der Waals surface area (Å²) in [4.78, 5) is 0. The lowest BCUT2D eigenvalue weighted by atomic mass is 10.0. The first-order chi connectivity index (χ1) is 7.79. The van der Waals surface area contributed by atoms with Crippen LogP contribution in [0.25, 0.3) is 5.69 Å². The second-order valence-corrected chi connectivity index (χ2v) is 4.13. The Morgan fingerprint density at radius 1 is 1.19 bits per heavy atom. The maximum absolute atomic E-state index is 5.97. The molecule has 0 saturated carbocycles. The molecule has 1 unspecified atom stereocenters. The molecule has 0 saturated heterocycles. The first-order valence-electron chi connectivity index (χ1n) is 5.77. The fourth-order valence-corrected chi connectivity index (χ4v) is 1.80. The van der Waals surface area contributed by atoms with E-state index in [-0.39, 0.29) is 6.04 Å². The van der Waals surface area contributed by atoms with E-state index in [1.54, 1.807) is 0 Å². The van der Waals surface area contributed by atoms with Crippen molar-refractivity contribution in [1.82, 2.24) is 4.57 Å². The number of aromatic nitrogens is 1. The molecule has 0 aliphatic carbocycles. The Balaban J connectivity index is 2.20. The lowest BCUT2D eigenvalue weighted by Crippen LogP contribution is -2.21. The average molecular weight is 214 g/mol. The van der Waals surface area contributed by atoms with Gasteiger partial charge in [0.1, 0.15) is 0 Å². The molecule has 2 N–H and O–H groups in total. The van der Waals surface area contributed by atoms with Gasteiger partial charge in [-0.3, -0.25) is 0 Å². The van der Waals surface area contributed by atoms with Crippen LogP contribution >= 0.6 is 0 Å². The van der Waals surface area contributed by atoms with Crippen LogP contribution in [-0.4, -0.2) is 10.6 Å². The Kier molecular flexibility index (Phi) is 3.42. The van der Waals surface area contributed by atoms with Gasteiger partial charge in [0, 0.05) is 24.1 Å². The fraction of sp³-hybridized carbons (Fsp3) is 0.286. The second-order valence-electron chi connectivity index (χ2n) is 4.13. The molecule has 2 nitrogen and oxygen atoms in total. The van der Waals surface area contributed by atoms with Gasteiger partial charge < -0.3 is 10.3 Å². The van der Waals surface area contributed by atoms with Gasteiger partial charge in [0.05, 0.1) is 0 Å². The molecule has 1 aromatic carbocycles. The van der Waals surface area contributed by atoms with Gasteiger partial charge in [0.15, 0.2) is 0 Å². The zero-order valence-electron chi connectivity index (χ0n) is 9.63. The molecular formula is C14H18N2. The van der Waals surface area contributed by atoms with Gasteiger partial charge in [-0.25, -0.2) is 0 Å². The van der Waals surface area contributed by atoms with Crippen LogP contribution in [0, 0.1) is 0 Å². The molecule has 84 valence electrons. The van der Waals surface area contributed by atoms with Crippen molar-refractivity contribution in [3.8, 4) is 5.69 Å². The number of hydrogen-bond donors (Lipinski definition) is 1. The van der Waals surface area contributed by atoms with Crippen LogP contribution in [0.4, 0.5) is 0 Å². The van der Waals surface area contributed by atoms with Gasteiger partial charge >= 0.3 is 0 Å². The van der Waals surface area contributed by atoms with Crippen molar-refractivity contribution in [3.05, 3.63) is 54.4 Å². The van der Waals surface area contributed by atoms with Crippen LogP contribution < -0.4 is 5.73 Å². The number of hydrogen-bond acceptors (Lipinski definition) is 1. The molecule has 1 heterocycles. The maximum atomic E-state index is 5.97. The Hall–Kier alpha value is -1.54. The summed E-state index contributed by atoms with van der Waals surface area (Å²) in [5, 5.41) is 0. The molecule has 2 aromatic rings. The van der Waals surface area contributed by atoms with E-state index in [0.717, 1.165) is 12.8 Å². The molecule has 0 aliphatic rings. The number of rotatable bonds is 4. The minimum Gasteiger partial charge on any atom is -0.327 e. The zero-order chi connectivity index (χ0) is 11.4. The third-order valence-corrected chi connectivity index (χ3v) is 2.84. The van der Waals surface area contributed by atoms with Crippen molar-refractivity contribution in [2.45, 2.75) is 25.8 Å². The Morgan fingerprint density at radius 3 is 2.62 bits per heavy atom. The predicted octanol–water partition coefficient (Wildman–Crippen LogP) is 2.76. The summed E-state index contributed by atoms with van der Waals surface area (Å²) in [5.74, 6) is 0. The summed E-state index contributed by atoms with van der Waals surface area (Å²) in [6.07, 6.45) is 6.08. The minimum absolute atomic E-state index is 0.264. The van der Waals surface area contributed by atoms with Gasteiger partial charge in [-0.15, -0.1) is 0 Å². The molecule has 0 bridgehead atoms. The van der Waals surface area contributed by atoms with Crippen molar-refractivity contribution in [1.29, 1.82) is 0 Å². The average Bonchev–Trinajstić information content (AvgIpc) is 2.83. The molecule has 1 atom stereocenters. The second kappa shape index (κ2) is 4.99. The standard InChI is InChI=1S/C14H18N2/c1-2-13(15)10-12-6-5-7-14(11-12)16-8-3-4-9-16/h3-9,11,13H,2,10,15H2,1H3. The summed E-state index contributed by atoms with van der Waals surface area (Å²) in [6, 6.07) is 12.9. The molecule has 2 heteroatoms. The molecule has 0 fully saturated rings. The quantitative estimate of drug-likeness (QED) is 0.833. The van der Waals surface area contributed by atoms with Crippen molar-refractivity contribution >= 4 is 0 Å².